The molecule has 0 aliphatic carbocycles. The monoisotopic (exact) mass is 333 g/mol. The van der Waals surface area contributed by atoms with Gasteiger partial charge in [-0.2, -0.15) is 0 Å². The van der Waals surface area contributed by atoms with Gasteiger partial charge in [0.1, 0.15) is 0 Å². The molecule has 0 unspecified atom stereocenters. The van der Waals surface area contributed by atoms with Gasteiger partial charge in [0.25, 0.3) is 5.69 Å². The number of nitro benzene ring substituents is 1. The molecule has 0 radical (unpaired) electrons. The van der Waals surface area contributed by atoms with Gasteiger partial charge >= 0.3 is 0 Å². The van der Waals surface area contributed by atoms with E-state index in [0.29, 0.717) is 24.6 Å². The molecule has 2 aromatic rings. The minimum absolute atomic E-state index is 0.105. The standard InChI is InChI=1S/C15H19N5O2S/c1-11-9-18-14(23-11)7-8-17-15(16-2)19-10-12-5-3-4-6-13(12)20(21)22/h3-6,9H,7-8,10H2,1-2H3,(H2,16,17,19). The fraction of sp³-hybridized carbons (Fsp3) is 0.333. The van der Waals surface area contributed by atoms with Crippen LogP contribution in [-0.2, 0) is 13.0 Å². The fourth-order valence-electron chi connectivity index (χ4n) is 2.04. The zero-order chi connectivity index (χ0) is 16.7. The molecule has 122 valence electrons. The van der Waals surface area contributed by atoms with Crippen LogP contribution in [0.5, 0.6) is 0 Å². The van der Waals surface area contributed by atoms with Crippen LogP contribution in [0.2, 0.25) is 0 Å². The molecule has 0 saturated carbocycles. The van der Waals surface area contributed by atoms with Crippen LogP contribution in [0.25, 0.3) is 0 Å². The van der Waals surface area contributed by atoms with E-state index >= 15 is 0 Å². The molecule has 0 amide bonds. The summed E-state index contributed by atoms with van der Waals surface area (Å²) in [5, 5.41) is 18.3. The van der Waals surface area contributed by atoms with Crippen LogP contribution in [0.1, 0.15) is 15.4 Å². The van der Waals surface area contributed by atoms with E-state index in [1.165, 1.54) is 10.9 Å². The van der Waals surface area contributed by atoms with E-state index in [-0.39, 0.29) is 10.6 Å². The van der Waals surface area contributed by atoms with Gasteiger partial charge in [-0.25, -0.2) is 4.98 Å². The number of para-hydroxylation sites is 1. The van der Waals surface area contributed by atoms with Crippen LogP contribution in [0, 0.1) is 17.0 Å². The molecule has 2 N–H and O–H groups in total. The Bertz CT molecular complexity index is 699. The lowest BCUT2D eigenvalue weighted by molar-refractivity contribution is -0.385. The second-order valence-corrected chi connectivity index (χ2v) is 6.17. The second-order valence-electron chi connectivity index (χ2n) is 4.85. The number of nitrogens with one attached hydrogen (secondary N) is 2. The van der Waals surface area contributed by atoms with Crippen molar-refractivity contribution in [3.63, 3.8) is 0 Å². The highest BCUT2D eigenvalue weighted by Gasteiger charge is 2.12. The van der Waals surface area contributed by atoms with E-state index in [4.69, 9.17) is 0 Å². The SMILES string of the molecule is CN=C(NCCc1ncc(C)s1)NCc1ccccc1[N+](=O)[O-]. The minimum atomic E-state index is -0.377. The third kappa shape index (κ3) is 5.03. The highest BCUT2D eigenvalue weighted by atomic mass is 32.1. The predicted molar refractivity (Wildman–Crippen MR) is 91.9 cm³/mol. The average molecular weight is 333 g/mol. The number of benzene rings is 1. The van der Waals surface area contributed by atoms with Crippen LogP contribution >= 0.6 is 11.3 Å². The van der Waals surface area contributed by atoms with Gasteiger partial charge in [-0.3, -0.25) is 15.1 Å². The summed E-state index contributed by atoms with van der Waals surface area (Å²) >= 11 is 1.68. The molecule has 1 aromatic carbocycles. The van der Waals surface area contributed by atoms with Crippen molar-refractivity contribution in [3.05, 3.63) is 56.0 Å². The number of thiazole rings is 1. The Morgan fingerprint density at radius 2 is 2.17 bits per heavy atom. The molecule has 0 aliphatic rings. The lowest BCUT2D eigenvalue weighted by Crippen LogP contribution is -2.37. The first-order chi connectivity index (χ1) is 11.1. The van der Waals surface area contributed by atoms with Crippen LogP contribution in [0.3, 0.4) is 0 Å². The summed E-state index contributed by atoms with van der Waals surface area (Å²) in [4.78, 5) is 20.2. The third-order valence-electron chi connectivity index (χ3n) is 3.16. The number of nitrogens with zero attached hydrogens (tertiary/aromatic N) is 3. The van der Waals surface area contributed by atoms with Gasteiger partial charge in [0.05, 0.1) is 9.93 Å². The summed E-state index contributed by atoms with van der Waals surface area (Å²) in [5.41, 5.74) is 0.727. The summed E-state index contributed by atoms with van der Waals surface area (Å²) in [5.74, 6) is 0.608. The molecular formula is C15H19N5O2S. The predicted octanol–water partition coefficient (Wildman–Crippen LogP) is 2.27. The molecule has 0 aliphatic heterocycles. The van der Waals surface area contributed by atoms with Crippen LogP contribution in [-0.4, -0.2) is 29.5 Å². The fourth-order valence-corrected chi connectivity index (χ4v) is 2.83. The summed E-state index contributed by atoms with van der Waals surface area (Å²) < 4.78 is 0. The first-order valence-corrected chi connectivity index (χ1v) is 8.00. The normalized spacial score (nSPS) is 11.3. The number of hydrogen-bond acceptors (Lipinski definition) is 5. The first kappa shape index (κ1) is 16.9. The molecule has 7 nitrogen and oxygen atoms in total. The van der Waals surface area contributed by atoms with Gasteiger partial charge in [0.2, 0.25) is 0 Å². The van der Waals surface area contributed by atoms with Crippen molar-refractivity contribution in [1.82, 2.24) is 15.6 Å². The van der Waals surface area contributed by atoms with E-state index in [0.717, 1.165) is 11.4 Å². The maximum absolute atomic E-state index is 11.0. The van der Waals surface area contributed by atoms with E-state index in [1.54, 1.807) is 36.6 Å². The Morgan fingerprint density at radius 3 is 2.83 bits per heavy atom. The van der Waals surface area contributed by atoms with Crippen LogP contribution in [0.4, 0.5) is 5.69 Å². The third-order valence-corrected chi connectivity index (χ3v) is 4.13. The topological polar surface area (TPSA) is 92.5 Å². The zero-order valence-electron chi connectivity index (χ0n) is 13.1. The van der Waals surface area contributed by atoms with Crippen molar-refractivity contribution in [3.8, 4) is 0 Å². The molecule has 2 rings (SSSR count). The summed E-state index contributed by atoms with van der Waals surface area (Å²) in [6, 6.07) is 6.67. The van der Waals surface area contributed by atoms with Crippen LogP contribution in [0.15, 0.2) is 35.5 Å². The van der Waals surface area contributed by atoms with E-state index in [9.17, 15) is 10.1 Å². The number of aryl methyl sites for hydroxylation is 1. The van der Waals surface area contributed by atoms with Crippen molar-refractivity contribution in [2.24, 2.45) is 4.99 Å². The number of hydrogen-bond donors (Lipinski definition) is 2. The molecule has 23 heavy (non-hydrogen) atoms. The molecule has 0 spiro atoms. The van der Waals surface area contributed by atoms with Crippen molar-refractivity contribution < 1.29 is 4.92 Å². The van der Waals surface area contributed by atoms with Gasteiger partial charge in [-0.05, 0) is 6.92 Å². The number of aliphatic imine (C=N–C) groups is 1. The zero-order valence-corrected chi connectivity index (χ0v) is 13.9. The Balaban J connectivity index is 1.85. The molecule has 0 fully saturated rings. The minimum Gasteiger partial charge on any atom is -0.356 e. The average Bonchev–Trinajstić information content (AvgIpc) is 2.96. The molecule has 1 heterocycles. The van der Waals surface area contributed by atoms with E-state index in [2.05, 4.69) is 20.6 Å². The Hall–Kier alpha value is -2.48. The summed E-state index contributed by atoms with van der Waals surface area (Å²) in [6.45, 7) is 3.07. The first-order valence-electron chi connectivity index (χ1n) is 7.18. The van der Waals surface area contributed by atoms with Crippen molar-refractivity contribution in [2.75, 3.05) is 13.6 Å². The van der Waals surface area contributed by atoms with Crippen molar-refractivity contribution in [1.29, 1.82) is 0 Å². The van der Waals surface area contributed by atoms with Crippen molar-refractivity contribution >= 4 is 23.0 Å². The Kier molecular flexibility index (Phi) is 6.04. The Morgan fingerprint density at radius 1 is 1.39 bits per heavy atom. The second kappa shape index (κ2) is 8.23. The lowest BCUT2D eigenvalue weighted by Gasteiger charge is -2.11. The quantitative estimate of drug-likeness (QED) is 0.366. The van der Waals surface area contributed by atoms with Gasteiger partial charge in [0, 0.05) is 49.3 Å². The van der Waals surface area contributed by atoms with Gasteiger partial charge < -0.3 is 10.6 Å². The van der Waals surface area contributed by atoms with Gasteiger partial charge in [0.15, 0.2) is 5.96 Å². The largest absolute Gasteiger partial charge is 0.356 e. The summed E-state index contributed by atoms with van der Waals surface area (Å²) in [6.07, 6.45) is 2.67. The number of rotatable bonds is 6. The molecule has 1 aromatic heterocycles. The van der Waals surface area contributed by atoms with Crippen molar-refractivity contribution in [2.45, 2.75) is 19.9 Å². The smallest absolute Gasteiger partial charge is 0.274 e. The lowest BCUT2D eigenvalue weighted by atomic mass is 10.2. The van der Waals surface area contributed by atoms with Gasteiger partial charge in [-0.1, -0.05) is 18.2 Å². The highest BCUT2D eigenvalue weighted by Crippen LogP contribution is 2.17. The number of guanidine groups is 1. The van der Waals surface area contributed by atoms with Crippen LogP contribution < -0.4 is 10.6 Å². The molecule has 8 heteroatoms. The molecule has 0 saturated heterocycles. The van der Waals surface area contributed by atoms with E-state index in [1.807, 2.05) is 13.1 Å². The van der Waals surface area contributed by atoms with Gasteiger partial charge in [-0.15, -0.1) is 11.3 Å². The molecule has 0 atom stereocenters. The van der Waals surface area contributed by atoms with E-state index < -0.39 is 0 Å². The maximum atomic E-state index is 11.0. The number of nitro groups is 1. The molecule has 0 bridgehead atoms. The highest BCUT2D eigenvalue weighted by molar-refractivity contribution is 7.11. The maximum Gasteiger partial charge on any atom is 0.274 e. The summed E-state index contributed by atoms with van der Waals surface area (Å²) in [7, 11) is 1.67. The molecular weight excluding hydrogens is 314 g/mol. The Labute approximate surface area is 138 Å². The number of aromatic nitrogens is 1.